The Morgan fingerprint density at radius 2 is 2.06 bits per heavy atom. The molecule has 2 aromatic heterocycles. The molecule has 9 nitrogen and oxygen atoms in total. The Balaban J connectivity index is 1.59. The quantitative estimate of drug-likeness (QED) is 0.565. The molecule has 1 amide bonds. The molecule has 174 valence electrons. The van der Waals surface area contributed by atoms with Crippen molar-refractivity contribution < 1.29 is 28.5 Å². The molecule has 3 aromatic rings. The summed E-state index contributed by atoms with van der Waals surface area (Å²) in [4.78, 5) is 28.9. The Labute approximate surface area is 190 Å². The number of aliphatic hydroxyl groups is 1. The minimum absolute atomic E-state index is 0.00427. The number of anilines is 1. The van der Waals surface area contributed by atoms with Gasteiger partial charge in [0.25, 0.3) is 5.91 Å². The maximum atomic E-state index is 12.5. The third-order valence-corrected chi connectivity index (χ3v) is 5.74. The number of amides is 1. The summed E-state index contributed by atoms with van der Waals surface area (Å²) in [6, 6.07) is 9.86. The molecule has 9 heteroatoms. The van der Waals surface area contributed by atoms with Crippen LogP contribution in [-0.2, 0) is 9.47 Å². The molecular formula is C24H26N2O7. The summed E-state index contributed by atoms with van der Waals surface area (Å²) in [6.45, 7) is 5.48. The van der Waals surface area contributed by atoms with E-state index in [1.165, 1.54) is 12.3 Å². The van der Waals surface area contributed by atoms with Crippen molar-refractivity contribution in [3.63, 3.8) is 0 Å². The zero-order chi connectivity index (χ0) is 23.8. The second-order valence-corrected chi connectivity index (χ2v) is 8.46. The molecule has 3 unspecified atom stereocenters. The number of aliphatic hydroxyl groups excluding tert-OH is 1. The lowest BCUT2D eigenvalue weighted by Gasteiger charge is -2.43. The van der Waals surface area contributed by atoms with E-state index in [-0.39, 0.29) is 17.5 Å². The number of nitrogens with zero attached hydrogens (tertiary/aromatic N) is 1. The molecule has 3 heterocycles. The highest BCUT2D eigenvalue weighted by Gasteiger charge is 2.44. The van der Waals surface area contributed by atoms with E-state index in [9.17, 15) is 14.7 Å². The molecule has 0 radical (unpaired) electrons. The van der Waals surface area contributed by atoms with Crippen molar-refractivity contribution in [2.24, 2.45) is 0 Å². The number of rotatable bonds is 5. The number of pyridine rings is 1. The number of nitrogens with one attached hydrogen (secondary N) is 1. The maximum Gasteiger partial charge on any atom is 0.360 e. The number of benzene rings is 1. The van der Waals surface area contributed by atoms with E-state index in [4.69, 9.17) is 18.6 Å². The first-order valence-corrected chi connectivity index (χ1v) is 10.5. The summed E-state index contributed by atoms with van der Waals surface area (Å²) in [5.41, 5.74) is -0.296. The van der Waals surface area contributed by atoms with Gasteiger partial charge in [-0.3, -0.25) is 9.78 Å². The van der Waals surface area contributed by atoms with Crippen LogP contribution in [0.5, 0.6) is 5.75 Å². The van der Waals surface area contributed by atoms with Crippen LogP contribution in [0.4, 0.5) is 5.69 Å². The normalized spacial score (nSPS) is 22.2. The van der Waals surface area contributed by atoms with Crippen LogP contribution in [0.1, 0.15) is 36.3 Å². The number of carbonyl (C=O) groups is 1. The van der Waals surface area contributed by atoms with Gasteiger partial charge in [-0.25, -0.2) is 4.79 Å². The predicted octanol–water partition coefficient (Wildman–Crippen LogP) is 3.03. The molecule has 1 aliphatic rings. The van der Waals surface area contributed by atoms with E-state index >= 15 is 0 Å². The number of ether oxygens (including phenoxy) is 3. The fraction of sp³-hybridized carbons (Fsp3) is 0.375. The predicted molar refractivity (Wildman–Crippen MR) is 120 cm³/mol. The summed E-state index contributed by atoms with van der Waals surface area (Å²) in [6.07, 6.45) is -0.232. The van der Waals surface area contributed by atoms with Crippen LogP contribution in [0.2, 0.25) is 0 Å². The Morgan fingerprint density at radius 1 is 1.27 bits per heavy atom. The van der Waals surface area contributed by atoms with Crippen LogP contribution in [0.15, 0.2) is 51.8 Å². The van der Waals surface area contributed by atoms with Crippen LogP contribution in [-0.4, -0.2) is 47.2 Å². The number of hydrogen-bond donors (Lipinski definition) is 2. The van der Waals surface area contributed by atoms with Gasteiger partial charge in [0, 0.05) is 30.7 Å². The summed E-state index contributed by atoms with van der Waals surface area (Å²) in [7, 11) is 1.58. The van der Waals surface area contributed by atoms with Crippen LogP contribution < -0.4 is 15.7 Å². The first-order valence-electron chi connectivity index (χ1n) is 10.5. The summed E-state index contributed by atoms with van der Waals surface area (Å²) >= 11 is 0. The molecule has 0 saturated carbocycles. The summed E-state index contributed by atoms with van der Waals surface area (Å²) < 4.78 is 22.8. The van der Waals surface area contributed by atoms with E-state index in [0.717, 1.165) is 0 Å². The van der Waals surface area contributed by atoms with Gasteiger partial charge in [0.1, 0.15) is 28.8 Å². The van der Waals surface area contributed by atoms with Crippen molar-refractivity contribution in [1.82, 2.24) is 4.98 Å². The highest BCUT2D eigenvalue weighted by Crippen LogP contribution is 2.34. The van der Waals surface area contributed by atoms with Crippen molar-refractivity contribution >= 4 is 22.6 Å². The van der Waals surface area contributed by atoms with Crippen LogP contribution in [0.25, 0.3) is 11.0 Å². The van der Waals surface area contributed by atoms with Gasteiger partial charge in [-0.15, -0.1) is 0 Å². The molecule has 1 fully saturated rings. The molecule has 2 N–H and O–H groups in total. The minimum atomic E-state index is -0.911. The highest BCUT2D eigenvalue weighted by atomic mass is 16.7. The molecule has 4 rings (SSSR count). The molecule has 0 aliphatic carbocycles. The zero-order valence-corrected chi connectivity index (χ0v) is 18.8. The first-order chi connectivity index (χ1) is 15.7. The van der Waals surface area contributed by atoms with Crippen LogP contribution >= 0.6 is 0 Å². The van der Waals surface area contributed by atoms with Crippen LogP contribution in [0.3, 0.4) is 0 Å². The highest BCUT2D eigenvalue weighted by molar-refractivity contribution is 6.03. The lowest BCUT2D eigenvalue weighted by atomic mass is 9.92. The van der Waals surface area contributed by atoms with E-state index in [0.29, 0.717) is 28.7 Å². The second kappa shape index (κ2) is 8.93. The van der Waals surface area contributed by atoms with Crippen molar-refractivity contribution in [1.29, 1.82) is 0 Å². The smallest absolute Gasteiger partial charge is 0.360 e. The number of carbonyl (C=O) groups excluding carboxylic acids is 1. The first kappa shape index (κ1) is 22.9. The lowest BCUT2D eigenvalue weighted by molar-refractivity contribution is -0.271. The van der Waals surface area contributed by atoms with Crippen molar-refractivity contribution in [2.75, 3.05) is 12.4 Å². The second-order valence-electron chi connectivity index (χ2n) is 8.46. The molecule has 1 aliphatic heterocycles. The number of aryl methyl sites for hydroxylation is 1. The number of methoxy groups -OCH3 is 1. The Bertz CT molecular complexity index is 1220. The van der Waals surface area contributed by atoms with Gasteiger partial charge < -0.3 is 29.1 Å². The van der Waals surface area contributed by atoms with E-state index < -0.39 is 29.5 Å². The Hall–Kier alpha value is -3.27. The van der Waals surface area contributed by atoms with Gasteiger partial charge in [-0.1, -0.05) is 6.07 Å². The van der Waals surface area contributed by atoms with Gasteiger partial charge >= 0.3 is 5.63 Å². The van der Waals surface area contributed by atoms with Gasteiger partial charge in [-0.05, 0) is 51.1 Å². The molecule has 1 saturated heterocycles. The Morgan fingerprint density at radius 3 is 2.76 bits per heavy atom. The molecule has 3 atom stereocenters. The van der Waals surface area contributed by atoms with Crippen molar-refractivity contribution in [3.8, 4) is 5.75 Å². The fourth-order valence-electron chi connectivity index (χ4n) is 3.88. The number of fused-ring (bicyclic) bond motifs is 1. The average Bonchev–Trinajstić information content (AvgIpc) is 2.79. The molecule has 33 heavy (non-hydrogen) atoms. The summed E-state index contributed by atoms with van der Waals surface area (Å²) in [5, 5.41) is 13.6. The third kappa shape index (κ3) is 4.61. The standard InChI is InChI=1S/C24H26N2O7/c1-13-18(31-23-17(27)12-19(30-4)24(2,3)33-23)9-8-14-11-16(22(29)32-20(13)14)26-21(28)15-7-5-6-10-25-15/h5-11,17,19,23,27H,12H2,1-4H3,(H,26,28). The van der Waals surface area contributed by atoms with Gasteiger partial charge in [0.05, 0.1) is 11.7 Å². The monoisotopic (exact) mass is 454 g/mol. The topological polar surface area (TPSA) is 120 Å². The number of hydrogen-bond acceptors (Lipinski definition) is 8. The van der Waals surface area contributed by atoms with Crippen molar-refractivity contribution in [2.45, 2.75) is 51.3 Å². The van der Waals surface area contributed by atoms with Crippen molar-refractivity contribution in [3.05, 3.63) is 64.3 Å². The largest absolute Gasteiger partial charge is 0.462 e. The lowest BCUT2D eigenvalue weighted by Crippen LogP contribution is -2.55. The third-order valence-electron chi connectivity index (χ3n) is 5.74. The number of aromatic nitrogens is 1. The minimum Gasteiger partial charge on any atom is -0.462 e. The van der Waals surface area contributed by atoms with Gasteiger partial charge in [0.2, 0.25) is 6.29 Å². The molecule has 1 aromatic carbocycles. The molecule has 0 spiro atoms. The molecule has 0 bridgehead atoms. The Kier molecular flexibility index (Phi) is 6.20. The van der Waals surface area contributed by atoms with E-state index in [2.05, 4.69) is 10.3 Å². The SMILES string of the molecule is COC1CC(O)C(Oc2ccc3cc(NC(=O)c4ccccn4)c(=O)oc3c2C)OC1(C)C. The van der Waals surface area contributed by atoms with Gasteiger partial charge in [-0.2, -0.15) is 0 Å². The van der Waals surface area contributed by atoms with E-state index in [1.807, 2.05) is 13.8 Å². The van der Waals surface area contributed by atoms with Gasteiger partial charge in [0.15, 0.2) is 0 Å². The maximum absolute atomic E-state index is 12.5. The summed E-state index contributed by atoms with van der Waals surface area (Å²) in [5.74, 6) is -0.106. The van der Waals surface area contributed by atoms with Crippen LogP contribution in [0, 0.1) is 6.92 Å². The fourth-order valence-corrected chi connectivity index (χ4v) is 3.88. The average molecular weight is 454 g/mol. The van der Waals surface area contributed by atoms with E-state index in [1.54, 1.807) is 44.4 Å². The molecular weight excluding hydrogens is 428 g/mol. The zero-order valence-electron chi connectivity index (χ0n) is 18.8.